The monoisotopic (exact) mass is 860 g/mol. The molecule has 3 atom stereocenters. The van der Waals surface area contributed by atoms with E-state index in [-0.39, 0.29) is 26.1 Å². The zero-order chi connectivity index (χ0) is 44.5. The van der Waals surface area contributed by atoms with E-state index in [1.807, 2.05) is 69.8 Å². The van der Waals surface area contributed by atoms with Crippen molar-refractivity contribution in [2.75, 3.05) is 47.5 Å². The Kier molecular flexibility index (Phi) is 30.4. The van der Waals surface area contributed by atoms with Crippen LogP contribution in [0.25, 0.3) is 0 Å². The number of esters is 2. The lowest BCUT2D eigenvalue weighted by molar-refractivity contribution is -0.870. The third-order valence-electron chi connectivity index (χ3n) is 9.51. The van der Waals surface area contributed by atoms with E-state index in [2.05, 4.69) is 45.9 Å². The number of allylic oxidation sites excluding steroid dienone is 10. The number of quaternary nitrogens is 1. The number of ether oxygens (including phenoxy) is 2. The Labute approximate surface area is 362 Å². The molecule has 1 N–H and O–H groups in total. The van der Waals surface area contributed by atoms with Crippen LogP contribution in [0.15, 0.2) is 77.3 Å². The Hall–Kier alpha value is -3.31. The van der Waals surface area contributed by atoms with E-state index < -0.39 is 38.6 Å². The summed E-state index contributed by atoms with van der Waals surface area (Å²) in [7, 11) is 1.05. The fraction of sp³-hybridized carbons (Fsp3) is 0.625. The second-order valence-corrected chi connectivity index (χ2v) is 17.5. The Bertz CT molecular complexity index is 1550. The minimum Gasteiger partial charge on any atom is -0.756 e. The van der Waals surface area contributed by atoms with Crippen molar-refractivity contribution in [2.24, 2.45) is 0 Å². The molecule has 1 aromatic heterocycles. The van der Waals surface area contributed by atoms with Crippen LogP contribution in [0.2, 0.25) is 0 Å². The van der Waals surface area contributed by atoms with Gasteiger partial charge in [-0.3, -0.25) is 14.2 Å². The molecule has 0 radical (unpaired) electrons. The van der Waals surface area contributed by atoms with Crippen molar-refractivity contribution in [3.63, 3.8) is 0 Å². The van der Waals surface area contributed by atoms with Crippen molar-refractivity contribution in [1.29, 1.82) is 0 Å². The quantitative estimate of drug-likeness (QED) is 0.0175. The van der Waals surface area contributed by atoms with E-state index in [1.165, 1.54) is 11.1 Å². The zero-order valence-electron chi connectivity index (χ0n) is 37.9. The van der Waals surface area contributed by atoms with E-state index in [0.29, 0.717) is 36.7 Å². The average Bonchev–Trinajstić information content (AvgIpc) is 3.45. The summed E-state index contributed by atoms with van der Waals surface area (Å²) in [6.07, 6.45) is 35.7. The third-order valence-corrected chi connectivity index (χ3v) is 10.5. The molecule has 0 saturated heterocycles. The number of nitrogens with zero attached hydrogens (tertiary/aromatic N) is 1. The standard InChI is InChI=1S/C48H78NO10P/c1-8-10-26-32-43(50)33-27-22-18-16-14-12-11-13-15-17-19-25-30-36-48(52)58-44(40-57-60(53,54)56-38-37-49(5,6)7)39-55-47(51)35-29-24-21-20-23-28-34-46-42(4)41(3)45(59-46)31-9-2/h10,12-15,18-19,22,25-27,33,43-44,50H,8-9,11,16-17,20-21,23-24,28-32,34-40H2,1-7H3/b14-12-,15-13-,22-18+,25-19-,26-10-,33-27+/t43?,44-/m1/s1. The molecule has 2 unspecified atom stereocenters. The minimum atomic E-state index is -4.67. The van der Waals surface area contributed by atoms with Gasteiger partial charge < -0.3 is 37.4 Å². The first kappa shape index (κ1) is 54.7. The molecule has 1 heterocycles. The summed E-state index contributed by atoms with van der Waals surface area (Å²) in [6.45, 7) is 8.05. The predicted molar refractivity (Wildman–Crippen MR) is 240 cm³/mol. The summed E-state index contributed by atoms with van der Waals surface area (Å²) >= 11 is 0. The van der Waals surface area contributed by atoms with E-state index in [4.69, 9.17) is 22.9 Å². The Morgan fingerprint density at radius 2 is 1.37 bits per heavy atom. The van der Waals surface area contributed by atoms with Crippen molar-refractivity contribution in [3.05, 3.63) is 95.6 Å². The van der Waals surface area contributed by atoms with Gasteiger partial charge in [-0.25, -0.2) is 0 Å². The summed E-state index contributed by atoms with van der Waals surface area (Å²) in [5.74, 6) is 1.22. The summed E-state index contributed by atoms with van der Waals surface area (Å²) < 4.78 is 39.9. The fourth-order valence-electron chi connectivity index (χ4n) is 5.81. The van der Waals surface area contributed by atoms with Crippen molar-refractivity contribution >= 4 is 19.8 Å². The number of likely N-dealkylation sites (N-methyl/N-ethyl adjacent to an activating group) is 1. The highest BCUT2D eigenvalue weighted by molar-refractivity contribution is 7.45. The van der Waals surface area contributed by atoms with Crippen LogP contribution in [-0.4, -0.2) is 81.2 Å². The van der Waals surface area contributed by atoms with Crippen LogP contribution >= 0.6 is 7.82 Å². The van der Waals surface area contributed by atoms with Gasteiger partial charge in [0.1, 0.15) is 31.3 Å². The molecular formula is C48H78NO10P. The van der Waals surface area contributed by atoms with Crippen LogP contribution in [0.3, 0.4) is 0 Å². The first-order chi connectivity index (χ1) is 28.7. The molecule has 0 aromatic carbocycles. The number of phosphoric ester groups is 1. The van der Waals surface area contributed by atoms with Gasteiger partial charge in [0.25, 0.3) is 7.82 Å². The van der Waals surface area contributed by atoms with E-state index >= 15 is 0 Å². The first-order valence-electron chi connectivity index (χ1n) is 22.1. The number of aliphatic hydroxyl groups excluding tert-OH is 1. The van der Waals surface area contributed by atoms with Crippen molar-refractivity contribution in [3.8, 4) is 0 Å². The highest BCUT2D eigenvalue weighted by atomic mass is 31.2. The zero-order valence-corrected chi connectivity index (χ0v) is 38.8. The molecule has 0 saturated carbocycles. The Balaban J connectivity index is 2.43. The van der Waals surface area contributed by atoms with Gasteiger partial charge in [0.2, 0.25) is 0 Å². The molecule has 1 rings (SSSR count). The lowest BCUT2D eigenvalue weighted by Crippen LogP contribution is -2.37. The third kappa shape index (κ3) is 29.8. The van der Waals surface area contributed by atoms with Gasteiger partial charge in [0, 0.05) is 25.7 Å². The molecule has 11 nitrogen and oxygen atoms in total. The van der Waals surface area contributed by atoms with Crippen molar-refractivity contribution in [1.82, 2.24) is 0 Å². The number of hydrogen-bond donors (Lipinski definition) is 1. The number of hydrogen-bond acceptors (Lipinski definition) is 10. The van der Waals surface area contributed by atoms with Crippen LogP contribution < -0.4 is 4.89 Å². The molecule has 12 heteroatoms. The molecule has 0 amide bonds. The maximum atomic E-state index is 12.7. The number of carbonyl (C=O) groups excluding carboxylic acids is 2. The highest BCUT2D eigenvalue weighted by Crippen LogP contribution is 2.38. The number of aliphatic hydroxyl groups is 1. The van der Waals surface area contributed by atoms with Crippen LogP contribution in [0.5, 0.6) is 0 Å². The highest BCUT2D eigenvalue weighted by Gasteiger charge is 2.21. The van der Waals surface area contributed by atoms with Crippen LogP contribution in [0.1, 0.15) is 133 Å². The minimum absolute atomic E-state index is 0.0637. The smallest absolute Gasteiger partial charge is 0.306 e. The maximum Gasteiger partial charge on any atom is 0.306 e. The number of rotatable bonds is 35. The molecule has 1 aromatic rings. The van der Waals surface area contributed by atoms with Gasteiger partial charge in [-0.1, -0.05) is 112 Å². The molecule has 340 valence electrons. The van der Waals surface area contributed by atoms with Gasteiger partial charge in [-0.2, -0.15) is 0 Å². The summed E-state index contributed by atoms with van der Waals surface area (Å²) in [6, 6.07) is 0. The second-order valence-electron chi connectivity index (χ2n) is 16.1. The molecule has 0 spiro atoms. The van der Waals surface area contributed by atoms with Crippen LogP contribution in [0, 0.1) is 13.8 Å². The lowest BCUT2D eigenvalue weighted by atomic mass is 10.0. The van der Waals surface area contributed by atoms with Gasteiger partial charge in [-0.05, 0) is 82.8 Å². The van der Waals surface area contributed by atoms with Gasteiger partial charge >= 0.3 is 11.9 Å². The molecular weight excluding hydrogens is 781 g/mol. The normalized spacial score (nSPS) is 14.8. The van der Waals surface area contributed by atoms with Crippen molar-refractivity contribution < 1.29 is 51.6 Å². The van der Waals surface area contributed by atoms with Crippen molar-refractivity contribution in [2.45, 2.75) is 149 Å². The summed E-state index contributed by atoms with van der Waals surface area (Å²) in [5, 5.41) is 9.85. The maximum absolute atomic E-state index is 12.7. The Morgan fingerprint density at radius 3 is 2.02 bits per heavy atom. The molecule has 0 aliphatic rings. The van der Waals surface area contributed by atoms with E-state index in [1.54, 1.807) is 6.08 Å². The topological polar surface area (TPSA) is 145 Å². The number of carbonyl (C=O) groups is 2. The number of aryl methyl sites for hydroxylation is 2. The predicted octanol–water partition coefficient (Wildman–Crippen LogP) is 10.2. The number of furan rings is 1. The fourth-order valence-corrected chi connectivity index (χ4v) is 6.54. The van der Waals surface area contributed by atoms with Crippen LogP contribution in [0.4, 0.5) is 0 Å². The molecule has 0 aliphatic carbocycles. The van der Waals surface area contributed by atoms with Crippen LogP contribution in [-0.2, 0) is 45.5 Å². The van der Waals surface area contributed by atoms with E-state index in [0.717, 1.165) is 82.1 Å². The summed E-state index contributed by atoms with van der Waals surface area (Å²) in [5.41, 5.74) is 2.56. The Morgan fingerprint density at radius 1 is 0.750 bits per heavy atom. The molecule has 0 bridgehead atoms. The molecule has 0 fully saturated rings. The second kappa shape index (κ2) is 33.3. The molecule has 60 heavy (non-hydrogen) atoms. The van der Waals surface area contributed by atoms with E-state index in [9.17, 15) is 24.2 Å². The SMILES string of the molecule is CC/C=C\CC(O)/C=C/C=C/C/C=C\C/C=C\C/C=C\CCC(=O)O[C@H](COC(=O)CCCCCCCCc1oc(CCC)c(C)c1C)COP(=O)([O-])OCC[N+](C)(C)C. The first-order valence-corrected chi connectivity index (χ1v) is 23.6. The van der Waals surface area contributed by atoms with Gasteiger partial charge in [-0.15, -0.1) is 0 Å². The average molecular weight is 860 g/mol. The van der Waals surface area contributed by atoms with Gasteiger partial charge in [0.15, 0.2) is 6.10 Å². The molecule has 0 aliphatic heterocycles. The summed E-state index contributed by atoms with van der Waals surface area (Å²) in [4.78, 5) is 37.6. The number of phosphoric acid groups is 1. The largest absolute Gasteiger partial charge is 0.756 e. The lowest BCUT2D eigenvalue weighted by Gasteiger charge is -2.28. The number of unbranched alkanes of at least 4 members (excludes halogenated alkanes) is 5. The van der Waals surface area contributed by atoms with Gasteiger partial charge in [0.05, 0.1) is 33.9 Å².